The number of hydrogen-bond donors (Lipinski definition) is 0. The summed E-state index contributed by atoms with van der Waals surface area (Å²) in [5.41, 5.74) is 0.667. The van der Waals surface area contributed by atoms with Gasteiger partial charge < -0.3 is 0 Å². The molecule has 14 heavy (non-hydrogen) atoms. The molecule has 0 fully saturated rings. The van der Waals surface area contributed by atoms with E-state index in [2.05, 4.69) is 4.99 Å². The molecular formula is C9H13ClN2O2. The van der Waals surface area contributed by atoms with Gasteiger partial charge in [-0.05, 0) is 19.9 Å². The molecule has 0 aromatic rings. The van der Waals surface area contributed by atoms with E-state index < -0.39 is 6.04 Å². The van der Waals surface area contributed by atoms with E-state index >= 15 is 0 Å². The smallest absolute Gasteiger partial charge is 0.238 e. The molecule has 4 nitrogen and oxygen atoms in total. The molecule has 78 valence electrons. The van der Waals surface area contributed by atoms with Crippen LogP contribution in [-0.4, -0.2) is 22.2 Å². The Morgan fingerprint density at radius 3 is 2.64 bits per heavy atom. The van der Waals surface area contributed by atoms with Gasteiger partial charge in [-0.25, -0.2) is 0 Å². The van der Waals surface area contributed by atoms with Crippen molar-refractivity contribution in [2.75, 3.05) is 0 Å². The molecule has 1 rings (SSSR count). The Bertz CT molecular complexity index is 312. The fourth-order valence-corrected chi connectivity index (χ4v) is 1.99. The van der Waals surface area contributed by atoms with E-state index in [1.807, 2.05) is 13.8 Å². The number of halogens is 1. The fraction of sp³-hybridized carbons (Fsp3) is 0.667. The zero-order valence-corrected chi connectivity index (χ0v) is 9.15. The summed E-state index contributed by atoms with van der Waals surface area (Å²) in [7, 11) is 0. The molecule has 0 amide bonds. The van der Waals surface area contributed by atoms with Crippen LogP contribution < -0.4 is 0 Å². The number of aliphatic imine (C=N–C) groups is 1. The number of nitro groups is 1. The van der Waals surface area contributed by atoms with Crippen molar-refractivity contribution in [1.82, 2.24) is 0 Å². The second kappa shape index (κ2) is 4.09. The average molecular weight is 217 g/mol. The highest BCUT2D eigenvalue weighted by atomic mass is 35.5. The Labute approximate surface area is 87.8 Å². The van der Waals surface area contributed by atoms with E-state index in [1.165, 1.54) is 0 Å². The van der Waals surface area contributed by atoms with Crippen molar-refractivity contribution in [2.45, 2.75) is 32.9 Å². The van der Waals surface area contributed by atoms with Gasteiger partial charge in [0, 0.05) is 10.5 Å². The van der Waals surface area contributed by atoms with Gasteiger partial charge in [0.2, 0.25) is 6.04 Å². The molecule has 0 spiro atoms. The van der Waals surface area contributed by atoms with Gasteiger partial charge in [-0.3, -0.25) is 15.1 Å². The summed E-state index contributed by atoms with van der Waals surface area (Å²) in [6.45, 7) is 5.39. The van der Waals surface area contributed by atoms with Crippen molar-refractivity contribution in [3.05, 3.63) is 21.8 Å². The quantitative estimate of drug-likeness (QED) is 0.499. The SMILES string of the molecule is CC1=CC(Cl)=NC(C)C(C)C1[N+](=O)[O-]. The van der Waals surface area contributed by atoms with E-state index in [-0.39, 0.29) is 16.9 Å². The molecule has 1 aliphatic heterocycles. The first-order chi connectivity index (χ1) is 6.43. The monoisotopic (exact) mass is 216 g/mol. The van der Waals surface area contributed by atoms with Crippen molar-refractivity contribution in [2.24, 2.45) is 10.9 Å². The van der Waals surface area contributed by atoms with Crippen LogP contribution in [0.25, 0.3) is 0 Å². The minimum atomic E-state index is -0.676. The number of hydrogen-bond acceptors (Lipinski definition) is 3. The Morgan fingerprint density at radius 2 is 2.14 bits per heavy atom. The van der Waals surface area contributed by atoms with E-state index in [9.17, 15) is 10.1 Å². The minimum absolute atomic E-state index is 0.119. The largest absolute Gasteiger partial charge is 0.270 e. The predicted octanol–water partition coefficient (Wildman–Crippen LogP) is 2.25. The third-order valence-electron chi connectivity index (χ3n) is 2.63. The highest BCUT2D eigenvalue weighted by Gasteiger charge is 2.35. The van der Waals surface area contributed by atoms with Gasteiger partial charge in [0.05, 0.1) is 12.0 Å². The zero-order chi connectivity index (χ0) is 10.9. The first kappa shape index (κ1) is 11.2. The lowest BCUT2D eigenvalue weighted by molar-refractivity contribution is -0.521. The van der Waals surface area contributed by atoms with E-state index in [0.29, 0.717) is 10.7 Å². The normalized spacial score (nSPS) is 33.0. The summed E-state index contributed by atoms with van der Waals surface area (Å²) in [6, 6.07) is -0.795. The maximum Gasteiger partial charge on any atom is 0.238 e. The second-order valence-corrected chi connectivity index (χ2v) is 4.06. The molecule has 0 N–H and O–H groups in total. The fourth-order valence-electron chi connectivity index (χ4n) is 1.66. The highest BCUT2D eigenvalue weighted by molar-refractivity contribution is 6.68. The van der Waals surface area contributed by atoms with E-state index in [0.717, 1.165) is 0 Å². The van der Waals surface area contributed by atoms with Crippen LogP contribution >= 0.6 is 11.6 Å². The molecule has 0 bridgehead atoms. The molecule has 0 saturated heterocycles. The first-order valence-corrected chi connectivity index (χ1v) is 4.86. The third kappa shape index (κ3) is 2.12. The molecule has 0 radical (unpaired) electrons. The Morgan fingerprint density at radius 1 is 1.57 bits per heavy atom. The molecule has 0 aromatic carbocycles. The van der Waals surface area contributed by atoms with Crippen LogP contribution in [0.2, 0.25) is 0 Å². The lowest BCUT2D eigenvalue weighted by atomic mass is 9.91. The Kier molecular flexibility index (Phi) is 3.26. The van der Waals surface area contributed by atoms with Gasteiger partial charge in [-0.15, -0.1) is 0 Å². The van der Waals surface area contributed by atoms with Crippen LogP contribution in [-0.2, 0) is 0 Å². The first-order valence-electron chi connectivity index (χ1n) is 4.48. The van der Waals surface area contributed by atoms with Gasteiger partial charge in [0.15, 0.2) is 0 Å². The molecule has 0 aliphatic carbocycles. The number of rotatable bonds is 1. The molecule has 5 heteroatoms. The summed E-state index contributed by atoms with van der Waals surface area (Å²) in [5.74, 6) is -0.127. The summed E-state index contributed by atoms with van der Waals surface area (Å²) in [4.78, 5) is 14.7. The zero-order valence-electron chi connectivity index (χ0n) is 8.40. The average Bonchev–Trinajstić information content (AvgIpc) is 2.09. The van der Waals surface area contributed by atoms with Crippen molar-refractivity contribution < 1.29 is 4.92 Å². The summed E-state index contributed by atoms with van der Waals surface area (Å²) in [5, 5.41) is 11.2. The van der Waals surface area contributed by atoms with Crippen LogP contribution in [0.4, 0.5) is 0 Å². The lowest BCUT2D eigenvalue weighted by Crippen LogP contribution is -2.33. The molecular weight excluding hydrogens is 204 g/mol. The number of nitrogens with zero attached hydrogens (tertiary/aromatic N) is 2. The Hall–Kier alpha value is -0.900. The summed E-state index contributed by atoms with van der Waals surface area (Å²) in [6.07, 6.45) is 1.58. The van der Waals surface area contributed by atoms with Crippen LogP contribution in [0.5, 0.6) is 0 Å². The highest BCUT2D eigenvalue weighted by Crippen LogP contribution is 2.24. The van der Waals surface area contributed by atoms with Crippen LogP contribution in [0.15, 0.2) is 16.6 Å². The van der Waals surface area contributed by atoms with Crippen LogP contribution in [0.1, 0.15) is 20.8 Å². The Balaban J connectivity index is 3.08. The predicted molar refractivity (Wildman–Crippen MR) is 56.5 cm³/mol. The van der Waals surface area contributed by atoms with Gasteiger partial charge in [-0.1, -0.05) is 18.5 Å². The second-order valence-electron chi connectivity index (χ2n) is 3.67. The van der Waals surface area contributed by atoms with E-state index in [4.69, 9.17) is 11.6 Å². The molecule has 1 aliphatic rings. The van der Waals surface area contributed by atoms with Gasteiger partial charge in [0.25, 0.3) is 0 Å². The van der Waals surface area contributed by atoms with Crippen molar-refractivity contribution in [3.8, 4) is 0 Å². The summed E-state index contributed by atoms with van der Waals surface area (Å²) < 4.78 is 0. The van der Waals surface area contributed by atoms with Crippen LogP contribution in [0.3, 0.4) is 0 Å². The molecule has 3 atom stereocenters. The van der Waals surface area contributed by atoms with E-state index in [1.54, 1.807) is 13.0 Å². The lowest BCUT2D eigenvalue weighted by Gasteiger charge is -2.18. The van der Waals surface area contributed by atoms with Gasteiger partial charge in [0.1, 0.15) is 5.17 Å². The van der Waals surface area contributed by atoms with Gasteiger partial charge in [-0.2, -0.15) is 0 Å². The standard InChI is InChI=1S/C9H13ClN2O2/c1-5-4-8(10)11-7(3)6(2)9(5)12(13)14/h4,6-7,9H,1-3H3. The maximum atomic E-state index is 10.9. The summed E-state index contributed by atoms with van der Waals surface area (Å²) >= 11 is 5.80. The van der Waals surface area contributed by atoms with Crippen molar-refractivity contribution in [1.29, 1.82) is 0 Å². The minimum Gasteiger partial charge on any atom is -0.270 e. The molecule has 3 unspecified atom stereocenters. The third-order valence-corrected chi connectivity index (χ3v) is 2.83. The molecule has 1 heterocycles. The molecule has 0 saturated carbocycles. The van der Waals surface area contributed by atoms with Crippen LogP contribution in [0, 0.1) is 16.0 Å². The molecule has 0 aromatic heterocycles. The van der Waals surface area contributed by atoms with Crippen molar-refractivity contribution in [3.63, 3.8) is 0 Å². The van der Waals surface area contributed by atoms with Gasteiger partial charge >= 0.3 is 0 Å². The topological polar surface area (TPSA) is 55.5 Å². The van der Waals surface area contributed by atoms with Crippen molar-refractivity contribution >= 4 is 16.8 Å². The maximum absolute atomic E-state index is 10.9. The number of allylic oxidation sites excluding steroid dienone is 1.